The fraction of sp³-hybridized carbons (Fsp3) is 0.278. The second-order valence-electron chi connectivity index (χ2n) is 6.27. The normalized spacial score (nSPS) is 14.8. The first-order chi connectivity index (χ1) is 10.9. The highest BCUT2D eigenvalue weighted by molar-refractivity contribution is 6.07. The van der Waals surface area contributed by atoms with E-state index in [1.54, 1.807) is 30.3 Å². The van der Waals surface area contributed by atoms with Crippen molar-refractivity contribution in [3.05, 3.63) is 59.4 Å². The van der Waals surface area contributed by atoms with E-state index >= 15 is 0 Å². The summed E-state index contributed by atoms with van der Waals surface area (Å²) in [5.74, 6) is -0.0740. The van der Waals surface area contributed by atoms with Crippen LogP contribution in [0.1, 0.15) is 35.3 Å². The van der Waals surface area contributed by atoms with Gasteiger partial charge in [0.05, 0.1) is 11.0 Å². The zero-order chi connectivity index (χ0) is 16.6. The number of anilines is 1. The molecule has 126 valence electrons. The van der Waals surface area contributed by atoms with E-state index in [1.807, 2.05) is 32.0 Å². The maximum Gasteiger partial charge on any atom is 0.253 e. The van der Waals surface area contributed by atoms with E-state index in [4.69, 9.17) is 0 Å². The van der Waals surface area contributed by atoms with Gasteiger partial charge in [0, 0.05) is 31.7 Å². The number of nitrogens with zero attached hydrogens (tertiary/aromatic N) is 2. The quantitative estimate of drug-likeness (QED) is 0.930. The third kappa shape index (κ3) is 2.99. The molecule has 2 heterocycles. The van der Waals surface area contributed by atoms with Crippen molar-refractivity contribution in [2.24, 2.45) is 0 Å². The van der Waals surface area contributed by atoms with Crippen LogP contribution in [0.25, 0.3) is 0 Å². The van der Waals surface area contributed by atoms with E-state index in [9.17, 15) is 9.59 Å². The Morgan fingerprint density at radius 1 is 1.29 bits per heavy atom. The van der Waals surface area contributed by atoms with Crippen LogP contribution in [0.2, 0.25) is 0 Å². The second-order valence-corrected chi connectivity index (χ2v) is 6.27. The predicted molar refractivity (Wildman–Crippen MR) is 95.5 cm³/mol. The van der Waals surface area contributed by atoms with Crippen LogP contribution in [0.4, 0.5) is 5.69 Å². The molecule has 1 aromatic carbocycles. The number of carbonyl (C=O) groups is 2. The van der Waals surface area contributed by atoms with Crippen molar-refractivity contribution in [2.75, 3.05) is 11.9 Å². The Morgan fingerprint density at radius 2 is 2.04 bits per heavy atom. The number of hydrogen-bond acceptors (Lipinski definition) is 3. The van der Waals surface area contributed by atoms with Gasteiger partial charge in [0.15, 0.2) is 0 Å². The average Bonchev–Trinajstić information content (AvgIpc) is 2.74. The Labute approximate surface area is 147 Å². The second kappa shape index (κ2) is 6.61. The summed E-state index contributed by atoms with van der Waals surface area (Å²) in [5.41, 5.74) is 2.90. The van der Waals surface area contributed by atoms with Crippen molar-refractivity contribution in [1.29, 1.82) is 0 Å². The summed E-state index contributed by atoms with van der Waals surface area (Å²) in [6.45, 7) is 4.26. The number of fused-ring (bicyclic) bond motifs is 1. The lowest BCUT2D eigenvalue weighted by molar-refractivity contribution is -0.121. The molecule has 1 aliphatic rings. The van der Waals surface area contributed by atoms with Crippen molar-refractivity contribution in [1.82, 2.24) is 10.3 Å². The van der Waals surface area contributed by atoms with Crippen molar-refractivity contribution in [2.45, 2.75) is 25.8 Å². The highest BCUT2D eigenvalue weighted by atomic mass is 35.5. The first kappa shape index (κ1) is 17.9. The van der Waals surface area contributed by atoms with Gasteiger partial charge in [-0.3, -0.25) is 14.6 Å². The van der Waals surface area contributed by atoms with Gasteiger partial charge in [0.25, 0.3) is 5.91 Å². The van der Waals surface area contributed by atoms with Crippen LogP contribution in [-0.2, 0) is 16.8 Å². The number of rotatable bonds is 3. The molecule has 3 rings (SSSR count). The maximum absolute atomic E-state index is 12.3. The first-order valence-corrected chi connectivity index (χ1v) is 7.51. The summed E-state index contributed by atoms with van der Waals surface area (Å²) in [4.78, 5) is 30.0. The maximum atomic E-state index is 12.3. The Kier molecular flexibility index (Phi) is 4.94. The van der Waals surface area contributed by atoms with E-state index < -0.39 is 5.41 Å². The van der Waals surface area contributed by atoms with Gasteiger partial charge in [0.2, 0.25) is 5.91 Å². The van der Waals surface area contributed by atoms with Crippen molar-refractivity contribution >= 4 is 29.9 Å². The first-order valence-electron chi connectivity index (χ1n) is 7.51. The van der Waals surface area contributed by atoms with Gasteiger partial charge in [-0.15, -0.1) is 12.4 Å². The average molecular weight is 346 g/mol. The van der Waals surface area contributed by atoms with Crippen molar-refractivity contribution in [3.63, 3.8) is 0 Å². The number of benzene rings is 1. The summed E-state index contributed by atoms with van der Waals surface area (Å²) < 4.78 is 0. The number of aromatic nitrogens is 1. The summed E-state index contributed by atoms with van der Waals surface area (Å²) in [5, 5.41) is 2.88. The lowest BCUT2D eigenvalue weighted by atomic mass is 9.85. The SMILES string of the molecule is CN1C(=O)C(C)(C)c2cc(CNC(=O)c3cccnc3)ccc21.Cl. The predicted octanol–water partition coefficient (Wildman–Crippen LogP) is 2.69. The van der Waals surface area contributed by atoms with Gasteiger partial charge < -0.3 is 10.2 Å². The molecule has 0 atom stereocenters. The van der Waals surface area contributed by atoms with Crippen LogP contribution in [-0.4, -0.2) is 23.8 Å². The lowest BCUT2D eigenvalue weighted by Crippen LogP contribution is -2.33. The van der Waals surface area contributed by atoms with E-state index in [-0.39, 0.29) is 24.2 Å². The van der Waals surface area contributed by atoms with Crippen LogP contribution in [0.5, 0.6) is 0 Å². The molecule has 1 N–H and O–H groups in total. The number of carbonyl (C=O) groups excluding carboxylic acids is 2. The number of nitrogens with one attached hydrogen (secondary N) is 1. The molecule has 0 unspecified atom stereocenters. The summed E-state index contributed by atoms with van der Waals surface area (Å²) in [6.07, 6.45) is 3.17. The molecule has 5 nitrogen and oxygen atoms in total. The fourth-order valence-electron chi connectivity index (χ4n) is 2.91. The minimum Gasteiger partial charge on any atom is -0.348 e. The Hall–Kier alpha value is -2.40. The van der Waals surface area contributed by atoms with Gasteiger partial charge in [-0.2, -0.15) is 0 Å². The van der Waals surface area contributed by atoms with Crippen LogP contribution in [0, 0.1) is 0 Å². The topological polar surface area (TPSA) is 62.3 Å². The smallest absolute Gasteiger partial charge is 0.253 e. The minimum absolute atomic E-state index is 0. The molecule has 0 bridgehead atoms. The van der Waals surface area contributed by atoms with E-state index in [0.717, 1.165) is 16.8 Å². The molecule has 0 radical (unpaired) electrons. The molecule has 0 spiro atoms. The monoisotopic (exact) mass is 345 g/mol. The van der Waals surface area contributed by atoms with Gasteiger partial charge in [-0.25, -0.2) is 0 Å². The molecule has 6 heteroatoms. The number of halogens is 1. The van der Waals surface area contributed by atoms with E-state index in [0.29, 0.717) is 12.1 Å². The molecular weight excluding hydrogens is 326 g/mol. The lowest BCUT2D eigenvalue weighted by Gasteiger charge is -2.16. The molecular formula is C18H20ClN3O2. The van der Waals surface area contributed by atoms with Crippen LogP contribution < -0.4 is 10.2 Å². The molecule has 24 heavy (non-hydrogen) atoms. The highest BCUT2D eigenvalue weighted by Gasteiger charge is 2.42. The molecule has 1 aromatic heterocycles. The minimum atomic E-state index is -0.534. The van der Waals surface area contributed by atoms with E-state index in [2.05, 4.69) is 10.3 Å². The third-order valence-corrected chi connectivity index (χ3v) is 4.31. The number of hydrogen-bond donors (Lipinski definition) is 1. The Morgan fingerprint density at radius 3 is 2.71 bits per heavy atom. The van der Waals surface area contributed by atoms with Gasteiger partial charge >= 0.3 is 0 Å². The number of amides is 2. The zero-order valence-electron chi connectivity index (χ0n) is 13.9. The third-order valence-electron chi connectivity index (χ3n) is 4.31. The van der Waals surface area contributed by atoms with Gasteiger partial charge in [-0.1, -0.05) is 12.1 Å². The largest absolute Gasteiger partial charge is 0.348 e. The fourth-order valence-corrected chi connectivity index (χ4v) is 2.91. The molecule has 2 aromatic rings. The van der Waals surface area contributed by atoms with Gasteiger partial charge in [-0.05, 0) is 43.2 Å². The van der Waals surface area contributed by atoms with E-state index in [1.165, 1.54) is 6.20 Å². The Balaban J connectivity index is 0.00000208. The summed E-state index contributed by atoms with van der Waals surface area (Å²) >= 11 is 0. The van der Waals surface area contributed by atoms with Crippen molar-refractivity contribution in [3.8, 4) is 0 Å². The van der Waals surface area contributed by atoms with Gasteiger partial charge in [0.1, 0.15) is 0 Å². The molecule has 0 fully saturated rings. The van der Waals surface area contributed by atoms with Crippen LogP contribution in [0.15, 0.2) is 42.7 Å². The molecule has 0 saturated carbocycles. The number of likely N-dealkylation sites (N-methyl/N-ethyl adjacent to an activating group) is 1. The molecule has 0 aliphatic carbocycles. The number of pyridine rings is 1. The zero-order valence-corrected chi connectivity index (χ0v) is 14.7. The van der Waals surface area contributed by atoms with Crippen molar-refractivity contribution < 1.29 is 9.59 Å². The van der Waals surface area contributed by atoms with Crippen LogP contribution >= 0.6 is 12.4 Å². The van der Waals surface area contributed by atoms with Crippen LogP contribution in [0.3, 0.4) is 0 Å². The molecule has 2 amide bonds. The summed E-state index contributed by atoms with van der Waals surface area (Å²) in [6, 6.07) is 9.33. The summed E-state index contributed by atoms with van der Waals surface area (Å²) in [7, 11) is 1.79. The molecule has 1 aliphatic heterocycles. The molecule has 0 saturated heterocycles. The Bertz CT molecular complexity index is 775. The highest BCUT2D eigenvalue weighted by Crippen LogP contribution is 2.40. The standard InChI is InChI=1S/C18H19N3O2.ClH/c1-18(2)14-9-12(6-7-15(14)21(3)17(18)23)10-20-16(22)13-5-4-8-19-11-13;/h4-9,11H,10H2,1-3H3,(H,20,22);1H.